The molecule has 11 aromatic carbocycles. The highest BCUT2D eigenvalue weighted by Crippen LogP contribution is 2.64. The van der Waals surface area contributed by atoms with Gasteiger partial charge >= 0.3 is 0 Å². The van der Waals surface area contributed by atoms with Gasteiger partial charge in [-0.25, -0.2) is 0 Å². The van der Waals surface area contributed by atoms with Gasteiger partial charge in [-0.1, -0.05) is 267 Å². The largest absolute Gasteiger partial charge is 0.0714 e. The van der Waals surface area contributed by atoms with Crippen molar-refractivity contribution in [3.63, 3.8) is 0 Å². The van der Waals surface area contributed by atoms with Crippen molar-refractivity contribution in [1.82, 2.24) is 0 Å². The maximum atomic E-state index is 2.66. The summed E-state index contributed by atoms with van der Waals surface area (Å²) in [6.45, 7) is 11.5. The van der Waals surface area contributed by atoms with E-state index >= 15 is 0 Å². The first-order valence-electron chi connectivity index (χ1n) is 26.8. The predicted octanol–water partition coefficient (Wildman–Crippen LogP) is 18.0. The predicted molar refractivity (Wildman–Crippen MR) is 310 cm³/mol. The lowest BCUT2D eigenvalue weighted by Gasteiger charge is -2.41. The van der Waals surface area contributed by atoms with Crippen LogP contribution < -0.4 is 0 Å². The smallest absolute Gasteiger partial charge is 0.0619 e. The fraction of sp³-hybridized carbons (Fsp3) is 0.120. The topological polar surface area (TPSA) is 0 Å². The summed E-state index contributed by atoms with van der Waals surface area (Å²) in [5, 5.41) is 0. The monoisotopic (exact) mass is 956 g/mol. The molecular weight excluding hydrogens is 901 g/mol. The molecule has 4 aliphatic rings. The lowest BCUT2D eigenvalue weighted by Crippen LogP contribution is -2.35. The fourth-order valence-electron chi connectivity index (χ4n) is 15.0. The first-order valence-corrected chi connectivity index (χ1v) is 26.8. The van der Waals surface area contributed by atoms with Gasteiger partial charge in [0.2, 0.25) is 0 Å². The SMILES string of the molecule is Cc1ccc(C2(c3cc(C4(c5ccc(C)cc5)c5ccccc5-c5ccccc54)cc(C4(c5ccc(C)cc5)c5ccccc5-c5cc6c(cc54)-c4ccccc4C6(C)C)c3)c3ccccc3-c3ccccc32)cc1. The third-order valence-electron chi connectivity index (χ3n) is 18.3. The summed E-state index contributed by atoms with van der Waals surface area (Å²) in [6, 6.07) is 97.1. The van der Waals surface area contributed by atoms with Crippen LogP contribution in [0, 0.1) is 20.8 Å². The van der Waals surface area contributed by atoms with Crippen LogP contribution in [-0.2, 0) is 21.7 Å². The van der Waals surface area contributed by atoms with Gasteiger partial charge in [-0.05, 0) is 155 Å². The molecule has 0 aromatic heterocycles. The van der Waals surface area contributed by atoms with E-state index in [1.54, 1.807) is 0 Å². The van der Waals surface area contributed by atoms with Crippen LogP contribution in [0.1, 0.15) is 108 Å². The summed E-state index contributed by atoms with van der Waals surface area (Å²) < 4.78 is 0. The Labute approximate surface area is 441 Å². The second-order valence-corrected chi connectivity index (χ2v) is 22.5. The van der Waals surface area contributed by atoms with Gasteiger partial charge in [-0.3, -0.25) is 0 Å². The highest BCUT2D eigenvalue weighted by molar-refractivity contribution is 5.94. The molecule has 1 atom stereocenters. The standard InChI is InChI=1S/C75H56/c1-47-30-36-50(37-31-47)73(65-25-13-7-18-56(65)57-19-8-14-26-66(57)73)53-42-54(74(51-38-32-48(2)33-39-51)67-27-15-9-20-58(67)59-21-10-16-28-68(59)74)44-55(43-53)75(52-40-34-49(3)35-41-52)69-29-17-11-23-61(69)63-45-70-62(46-71(63)75)60-22-6-12-24-64(60)72(70,4)5/h6-46H,1-5H3. The second-order valence-electron chi connectivity index (χ2n) is 22.5. The van der Waals surface area contributed by atoms with Crippen molar-refractivity contribution in [1.29, 1.82) is 0 Å². The third-order valence-corrected chi connectivity index (χ3v) is 18.3. The van der Waals surface area contributed by atoms with Crippen molar-refractivity contribution in [3.05, 3.63) is 343 Å². The Kier molecular flexibility index (Phi) is 9.21. The van der Waals surface area contributed by atoms with Gasteiger partial charge in [-0.2, -0.15) is 0 Å². The molecule has 0 bridgehead atoms. The van der Waals surface area contributed by atoms with Crippen LogP contribution in [0.25, 0.3) is 44.5 Å². The summed E-state index contributed by atoms with van der Waals surface area (Å²) in [5.74, 6) is 0. The first kappa shape index (κ1) is 44.0. The third kappa shape index (κ3) is 5.67. The molecule has 4 aliphatic carbocycles. The van der Waals surface area contributed by atoms with Crippen LogP contribution >= 0.6 is 0 Å². The molecule has 0 saturated carbocycles. The minimum absolute atomic E-state index is 0.161. The molecule has 0 spiro atoms. The first-order chi connectivity index (χ1) is 36.7. The van der Waals surface area contributed by atoms with Crippen molar-refractivity contribution in [2.75, 3.05) is 0 Å². The average Bonchev–Trinajstić information content (AvgIpc) is 4.34. The molecule has 11 aromatic rings. The van der Waals surface area contributed by atoms with Gasteiger partial charge in [0.15, 0.2) is 0 Å². The molecule has 0 saturated heterocycles. The van der Waals surface area contributed by atoms with E-state index in [4.69, 9.17) is 0 Å². The minimum atomic E-state index is -0.737. The highest BCUT2D eigenvalue weighted by Gasteiger charge is 2.54. The number of hydrogen-bond acceptors (Lipinski definition) is 0. The van der Waals surface area contributed by atoms with Gasteiger partial charge < -0.3 is 0 Å². The van der Waals surface area contributed by atoms with Gasteiger partial charge in [0.25, 0.3) is 0 Å². The van der Waals surface area contributed by atoms with Crippen LogP contribution in [0.5, 0.6) is 0 Å². The lowest BCUT2D eigenvalue weighted by atomic mass is 9.60. The van der Waals surface area contributed by atoms with E-state index in [9.17, 15) is 0 Å². The number of aryl methyl sites for hydroxylation is 3. The number of rotatable bonds is 6. The van der Waals surface area contributed by atoms with Crippen LogP contribution in [0.4, 0.5) is 0 Å². The summed E-state index contributed by atoms with van der Waals surface area (Å²) in [6.07, 6.45) is 0. The van der Waals surface area contributed by atoms with Crippen molar-refractivity contribution >= 4 is 0 Å². The summed E-state index contributed by atoms with van der Waals surface area (Å²) in [5.41, 5.74) is 30.1. The second kappa shape index (κ2) is 15.7. The zero-order valence-corrected chi connectivity index (χ0v) is 43.2. The average molecular weight is 957 g/mol. The van der Waals surface area contributed by atoms with Gasteiger partial charge in [-0.15, -0.1) is 0 Å². The Morgan fingerprint density at radius 1 is 0.200 bits per heavy atom. The molecule has 0 heteroatoms. The lowest BCUT2D eigenvalue weighted by molar-refractivity contribution is 0.660. The molecule has 15 rings (SSSR count). The van der Waals surface area contributed by atoms with Crippen molar-refractivity contribution in [3.8, 4) is 44.5 Å². The fourth-order valence-corrected chi connectivity index (χ4v) is 15.0. The van der Waals surface area contributed by atoms with Gasteiger partial charge in [0, 0.05) is 5.41 Å². The van der Waals surface area contributed by atoms with Crippen LogP contribution in [0.2, 0.25) is 0 Å². The molecule has 0 fully saturated rings. The van der Waals surface area contributed by atoms with E-state index in [0.29, 0.717) is 0 Å². The Bertz CT molecular complexity index is 3910. The molecular formula is C75H56. The van der Waals surface area contributed by atoms with Gasteiger partial charge in [0.1, 0.15) is 0 Å². The van der Waals surface area contributed by atoms with E-state index in [0.717, 1.165) is 0 Å². The van der Waals surface area contributed by atoms with Crippen LogP contribution in [0.15, 0.2) is 249 Å². The van der Waals surface area contributed by atoms with E-state index in [1.807, 2.05) is 0 Å². The van der Waals surface area contributed by atoms with Crippen LogP contribution in [-0.4, -0.2) is 0 Å². The normalized spacial score (nSPS) is 17.0. The van der Waals surface area contributed by atoms with E-state index < -0.39 is 16.2 Å². The molecule has 0 radical (unpaired) electrons. The van der Waals surface area contributed by atoms with E-state index in [-0.39, 0.29) is 5.41 Å². The van der Waals surface area contributed by atoms with Crippen molar-refractivity contribution < 1.29 is 0 Å². The molecule has 356 valence electrons. The van der Waals surface area contributed by atoms with Crippen molar-refractivity contribution in [2.24, 2.45) is 0 Å². The highest BCUT2D eigenvalue weighted by atomic mass is 14.5. The Balaban J connectivity index is 1.17. The van der Waals surface area contributed by atoms with E-state index in [2.05, 4.69) is 283 Å². The van der Waals surface area contributed by atoms with E-state index in [1.165, 1.54) is 139 Å². The summed E-state index contributed by atoms with van der Waals surface area (Å²) >= 11 is 0. The quantitative estimate of drug-likeness (QED) is 0.156. The Morgan fingerprint density at radius 2 is 0.440 bits per heavy atom. The van der Waals surface area contributed by atoms with Gasteiger partial charge in [0.05, 0.1) is 16.2 Å². The molecule has 0 N–H and O–H groups in total. The maximum Gasteiger partial charge on any atom is 0.0714 e. The number of benzene rings is 11. The summed E-state index contributed by atoms with van der Waals surface area (Å²) in [7, 11) is 0. The zero-order valence-electron chi connectivity index (χ0n) is 43.2. The molecule has 1 unspecified atom stereocenters. The molecule has 0 nitrogen and oxygen atoms in total. The Hall–Kier alpha value is -8.58. The molecule has 0 heterocycles. The zero-order chi connectivity index (χ0) is 50.4. The molecule has 75 heavy (non-hydrogen) atoms. The number of hydrogen-bond donors (Lipinski definition) is 0. The Morgan fingerprint density at radius 3 is 0.773 bits per heavy atom. The van der Waals surface area contributed by atoms with Crippen molar-refractivity contribution in [2.45, 2.75) is 56.3 Å². The summed E-state index contributed by atoms with van der Waals surface area (Å²) in [4.78, 5) is 0. The maximum absolute atomic E-state index is 2.66. The molecule has 0 amide bonds. The molecule has 0 aliphatic heterocycles. The minimum Gasteiger partial charge on any atom is -0.0619 e. The van der Waals surface area contributed by atoms with Crippen LogP contribution in [0.3, 0.4) is 0 Å². The number of fused-ring (bicyclic) bond motifs is 12.